The molecule has 0 aliphatic heterocycles. The number of benzene rings is 3. The maximum atomic E-state index is 13.2. The molecule has 0 fully saturated rings. The van der Waals surface area contributed by atoms with Gasteiger partial charge >= 0.3 is 5.97 Å². The van der Waals surface area contributed by atoms with Gasteiger partial charge in [-0.1, -0.05) is 36.4 Å². The minimum atomic E-state index is -0.522. The van der Waals surface area contributed by atoms with Gasteiger partial charge in [0, 0.05) is 11.6 Å². The van der Waals surface area contributed by atoms with Crippen LogP contribution in [0.1, 0.15) is 17.3 Å². The largest absolute Gasteiger partial charge is 0.497 e. The summed E-state index contributed by atoms with van der Waals surface area (Å²) in [5.41, 5.74) is 2.80. The predicted octanol–water partition coefficient (Wildman–Crippen LogP) is 4.14. The molecule has 0 unspecified atom stereocenters. The van der Waals surface area contributed by atoms with Crippen molar-refractivity contribution in [3.8, 4) is 17.0 Å². The second-order valence-corrected chi connectivity index (χ2v) is 8.24. The molecule has 5 rings (SSSR count). The van der Waals surface area contributed by atoms with Crippen LogP contribution in [0.3, 0.4) is 0 Å². The fraction of sp³-hybridized carbons (Fsp3) is 0.143. The van der Waals surface area contributed by atoms with Gasteiger partial charge in [-0.2, -0.15) is 0 Å². The lowest BCUT2D eigenvalue weighted by Gasteiger charge is -2.11. The molecule has 2 heterocycles. The maximum absolute atomic E-state index is 13.2. The molecule has 0 saturated heterocycles. The van der Waals surface area contributed by atoms with Gasteiger partial charge in [0.2, 0.25) is 11.7 Å². The first-order valence-electron chi connectivity index (χ1n) is 11.7. The number of carbonyl (C=O) groups is 2. The number of rotatable bonds is 7. The van der Waals surface area contributed by atoms with Crippen molar-refractivity contribution in [2.45, 2.75) is 13.5 Å². The number of fused-ring (bicyclic) bond motifs is 3. The summed E-state index contributed by atoms with van der Waals surface area (Å²) in [4.78, 5) is 43.5. The summed E-state index contributed by atoms with van der Waals surface area (Å²) in [6.45, 7) is 1.80. The molecular formula is C28H24N4O5. The number of amides is 1. The number of ether oxygens (including phenoxy) is 2. The van der Waals surface area contributed by atoms with E-state index in [1.165, 1.54) is 10.5 Å². The lowest BCUT2D eigenvalue weighted by molar-refractivity contribution is -0.116. The van der Waals surface area contributed by atoms with E-state index in [0.29, 0.717) is 39.5 Å². The monoisotopic (exact) mass is 496 g/mol. The van der Waals surface area contributed by atoms with Crippen molar-refractivity contribution < 1.29 is 19.1 Å². The van der Waals surface area contributed by atoms with E-state index in [1.807, 2.05) is 36.4 Å². The molecule has 9 nitrogen and oxygen atoms in total. The van der Waals surface area contributed by atoms with Crippen LogP contribution in [0.2, 0.25) is 0 Å². The Labute approximate surface area is 211 Å². The van der Waals surface area contributed by atoms with Crippen LogP contribution in [0.5, 0.6) is 5.75 Å². The lowest BCUT2D eigenvalue weighted by atomic mass is 10.1. The number of nitrogens with one attached hydrogen (secondary N) is 1. The normalized spacial score (nSPS) is 11.0. The molecule has 1 N–H and O–H groups in total. The zero-order chi connectivity index (χ0) is 25.9. The fourth-order valence-corrected chi connectivity index (χ4v) is 4.27. The third-order valence-electron chi connectivity index (χ3n) is 5.92. The maximum Gasteiger partial charge on any atom is 0.340 e. The SMILES string of the molecule is CCOC(=O)c1ccccc1NC(=O)Cn1c2ccccc2n2c(=O)cc(-c3cccc(OC)c3)nc12. The standard InChI is InChI=1S/C28H24N4O5/c1-3-37-27(35)20-11-4-5-12-21(20)29-25(33)17-31-23-13-6-7-14-24(23)32-26(34)16-22(30-28(31)32)18-9-8-10-19(15-18)36-2/h4-16H,3,17H2,1-2H3,(H,29,33). The van der Waals surface area contributed by atoms with E-state index in [2.05, 4.69) is 5.32 Å². The van der Waals surface area contributed by atoms with Crippen LogP contribution in [0.4, 0.5) is 5.69 Å². The van der Waals surface area contributed by atoms with E-state index < -0.39 is 5.97 Å². The van der Waals surface area contributed by atoms with Crippen molar-refractivity contribution in [1.82, 2.24) is 14.0 Å². The Morgan fingerprint density at radius 1 is 0.946 bits per heavy atom. The van der Waals surface area contributed by atoms with Gasteiger partial charge in [0.05, 0.1) is 41.7 Å². The molecule has 3 aromatic carbocycles. The molecule has 0 bridgehead atoms. The molecule has 0 spiro atoms. The quantitative estimate of drug-likeness (QED) is 0.340. The first kappa shape index (κ1) is 23.8. The van der Waals surface area contributed by atoms with Crippen LogP contribution in [-0.4, -0.2) is 39.5 Å². The van der Waals surface area contributed by atoms with Gasteiger partial charge in [0.15, 0.2) is 0 Å². The predicted molar refractivity (Wildman–Crippen MR) is 140 cm³/mol. The summed E-state index contributed by atoms with van der Waals surface area (Å²) >= 11 is 0. The summed E-state index contributed by atoms with van der Waals surface area (Å²) in [5, 5.41) is 2.80. The van der Waals surface area contributed by atoms with Crippen molar-refractivity contribution >= 4 is 34.4 Å². The summed E-state index contributed by atoms with van der Waals surface area (Å²) < 4.78 is 13.6. The highest BCUT2D eigenvalue weighted by atomic mass is 16.5. The first-order chi connectivity index (χ1) is 18.0. The number of methoxy groups -OCH3 is 1. The zero-order valence-electron chi connectivity index (χ0n) is 20.3. The number of carbonyl (C=O) groups excluding carboxylic acids is 2. The van der Waals surface area contributed by atoms with Gasteiger partial charge in [0.1, 0.15) is 12.3 Å². The van der Waals surface area contributed by atoms with Gasteiger partial charge in [-0.05, 0) is 43.3 Å². The molecular weight excluding hydrogens is 472 g/mol. The molecule has 0 aliphatic rings. The molecule has 186 valence electrons. The zero-order valence-corrected chi connectivity index (χ0v) is 20.3. The summed E-state index contributed by atoms with van der Waals surface area (Å²) in [7, 11) is 1.57. The van der Waals surface area contributed by atoms with Gasteiger partial charge in [-0.15, -0.1) is 0 Å². The number of anilines is 1. The van der Waals surface area contributed by atoms with E-state index >= 15 is 0 Å². The van der Waals surface area contributed by atoms with E-state index in [9.17, 15) is 14.4 Å². The Hall–Kier alpha value is -4.92. The van der Waals surface area contributed by atoms with Crippen molar-refractivity contribution in [2.75, 3.05) is 19.0 Å². The molecule has 37 heavy (non-hydrogen) atoms. The number of nitrogens with zero attached hydrogens (tertiary/aromatic N) is 3. The van der Waals surface area contributed by atoms with Crippen LogP contribution >= 0.6 is 0 Å². The summed E-state index contributed by atoms with van der Waals surface area (Å²) in [5.74, 6) is 0.0486. The summed E-state index contributed by atoms with van der Waals surface area (Å²) in [6, 6.07) is 22.7. The third kappa shape index (κ3) is 4.54. The number of hydrogen-bond acceptors (Lipinski definition) is 6. The Morgan fingerprint density at radius 2 is 1.70 bits per heavy atom. The van der Waals surface area contributed by atoms with Crippen molar-refractivity contribution in [3.63, 3.8) is 0 Å². The van der Waals surface area contributed by atoms with Crippen LogP contribution in [0.25, 0.3) is 28.1 Å². The number of para-hydroxylation sites is 3. The Bertz CT molecular complexity index is 1700. The second kappa shape index (κ2) is 9.98. The molecule has 0 radical (unpaired) electrons. The molecule has 5 aromatic rings. The van der Waals surface area contributed by atoms with Crippen LogP contribution in [-0.2, 0) is 16.1 Å². The van der Waals surface area contributed by atoms with Crippen molar-refractivity contribution in [1.29, 1.82) is 0 Å². The van der Waals surface area contributed by atoms with Crippen molar-refractivity contribution in [3.05, 3.63) is 94.8 Å². The van der Waals surface area contributed by atoms with Gasteiger partial charge < -0.3 is 19.4 Å². The van der Waals surface area contributed by atoms with E-state index in [0.717, 1.165) is 0 Å². The molecule has 9 heteroatoms. The van der Waals surface area contributed by atoms with Crippen LogP contribution in [0, 0.1) is 0 Å². The molecule has 1 amide bonds. The minimum absolute atomic E-state index is 0.137. The molecule has 0 atom stereocenters. The minimum Gasteiger partial charge on any atom is -0.497 e. The van der Waals surface area contributed by atoms with E-state index in [1.54, 1.807) is 55.0 Å². The smallest absolute Gasteiger partial charge is 0.340 e. The van der Waals surface area contributed by atoms with Crippen molar-refractivity contribution in [2.24, 2.45) is 0 Å². The van der Waals surface area contributed by atoms with E-state index in [4.69, 9.17) is 14.5 Å². The van der Waals surface area contributed by atoms with Crippen LogP contribution < -0.4 is 15.6 Å². The second-order valence-electron chi connectivity index (χ2n) is 8.24. The Morgan fingerprint density at radius 3 is 2.49 bits per heavy atom. The molecule has 0 aliphatic carbocycles. The number of imidazole rings is 1. The molecule has 2 aromatic heterocycles. The van der Waals surface area contributed by atoms with Gasteiger partial charge in [0.25, 0.3) is 5.56 Å². The number of aromatic nitrogens is 3. The van der Waals surface area contributed by atoms with Crippen LogP contribution in [0.15, 0.2) is 83.7 Å². The van der Waals surface area contributed by atoms with Gasteiger partial charge in [-0.25, -0.2) is 14.2 Å². The average molecular weight is 497 g/mol. The Kier molecular flexibility index (Phi) is 6.42. The Balaban J connectivity index is 1.58. The highest BCUT2D eigenvalue weighted by Crippen LogP contribution is 2.25. The number of hydrogen-bond donors (Lipinski definition) is 1. The number of esters is 1. The highest BCUT2D eigenvalue weighted by molar-refractivity contribution is 6.01. The third-order valence-corrected chi connectivity index (χ3v) is 5.92. The van der Waals surface area contributed by atoms with E-state index in [-0.39, 0.29) is 30.2 Å². The fourth-order valence-electron chi connectivity index (χ4n) is 4.27. The average Bonchev–Trinajstić information content (AvgIpc) is 3.23. The first-order valence-corrected chi connectivity index (χ1v) is 11.7. The topological polar surface area (TPSA) is 104 Å². The summed E-state index contributed by atoms with van der Waals surface area (Å²) in [6.07, 6.45) is 0. The van der Waals surface area contributed by atoms with Gasteiger partial charge in [-0.3, -0.25) is 9.59 Å². The molecule has 0 saturated carbocycles. The lowest BCUT2D eigenvalue weighted by Crippen LogP contribution is -2.22. The highest BCUT2D eigenvalue weighted by Gasteiger charge is 2.19.